The molecule has 1 aromatic rings. The van der Waals surface area contributed by atoms with Crippen molar-refractivity contribution in [2.24, 2.45) is 5.92 Å². The van der Waals surface area contributed by atoms with Gasteiger partial charge < -0.3 is 10.0 Å². The van der Waals surface area contributed by atoms with Crippen LogP contribution < -0.4 is 5.32 Å². The highest BCUT2D eigenvalue weighted by Crippen LogP contribution is 2.34. The van der Waals surface area contributed by atoms with Gasteiger partial charge in [-0.1, -0.05) is 55.3 Å². The lowest BCUT2D eigenvalue weighted by Gasteiger charge is -2.43. The molecule has 0 heterocycles. The van der Waals surface area contributed by atoms with Gasteiger partial charge >= 0.3 is 0 Å². The number of terminal acetylenes is 1. The molecule has 4 unspecified atom stereocenters. The molecule has 5 heteroatoms. The van der Waals surface area contributed by atoms with Gasteiger partial charge in [-0.15, -0.1) is 18.0 Å². The molecule has 0 aliphatic heterocycles. The summed E-state index contributed by atoms with van der Waals surface area (Å²) in [4.78, 5) is 14.4. The number of halogens is 1. The molecule has 2 N–H and O–H groups in total. The number of allylic oxidation sites excluding steroid dienone is 3. The van der Waals surface area contributed by atoms with Crippen LogP contribution in [0.2, 0.25) is 0 Å². The van der Waals surface area contributed by atoms with Crippen molar-refractivity contribution in [2.75, 3.05) is 6.54 Å². The molecule has 1 aromatic carbocycles. The lowest BCUT2D eigenvalue weighted by atomic mass is 9.92. The summed E-state index contributed by atoms with van der Waals surface area (Å²) in [6.07, 6.45) is 17.4. The summed E-state index contributed by atoms with van der Waals surface area (Å²) in [7, 11) is 0. The zero-order valence-electron chi connectivity index (χ0n) is 16.6. The minimum Gasteiger partial charge on any atom is -0.374 e. The largest absolute Gasteiger partial charge is 0.374 e. The van der Waals surface area contributed by atoms with Crippen LogP contribution in [0.1, 0.15) is 44.2 Å². The van der Waals surface area contributed by atoms with E-state index < -0.39 is 17.7 Å². The van der Waals surface area contributed by atoms with Crippen LogP contribution in [0.15, 0.2) is 42.5 Å². The Morgan fingerprint density at radius 3 is 2.79 bits per heavy atom. The molecule has 1 amide bonds. The van der Waals surface area contributed by atoms with Gasteiger partial charge in [-0.05, 0) is 37.8 Å². The zero-order chi connectivity index (χ0) is 20.9. The van der Waals surface area contributed by atoms with Crippen LogP contribution in [0.4, 0.5) is 0 Å². The molecule has 0 radical (unpaired) electrons. The summed E-state index contributed by atoms with van der Waals surface area (Å²) in [6.45, 7) is 1.98. The number of nitrogens with one attached hydrogen (secondary N) is 1. The van der Waals surface area contributed by atoms with E-state index in [2.05, 4.69) is 23.4 Å². The van der Waals surface area contributed by atoms with E-state index >= 15 is 0 Å². The summed E-state index contributed by atoms with van der Waals surface area (Å²) in [5.74, 6) is 1.62. The van der Waals surface area contributed by atoms with E-state index in [-0.39, 0.29) is 23.9 Å². The number of hydrogen-bond acceptors (Lipinski definition) is 3. The van der Waals surface area contributed by atoms with Gasteiger partial charge in [-0.2, -0.15) is 0 Å². The van der Waals surface area contributed by atoms with Crippen LogP contribution in [0.3, 0.4) is 0 Å². The highest BCUT2D eigenvalue weighted by molar-refractivity contribution is 6.22. The van der Waals surface area contributed by atoms with Crippen LogP contribution in [0.25, 0.3) is 0 Å². The molecule has 3 rings (SSSR count). The highest BCUT2D eigenvalue weighted by atomic mass is 35.5. The van der Waals surface area contributed by atoms with E-state index in [1.54, 1.807) is 13.0 Å². The van der Waals surface area contributed by atoms with Crippen LogP contribution in [0.5, 0.6) is 0 Å². The van der Waals surface area contributed by atoms with Crippen molar-refractivity contribution in [2.45, 2.75) is 55.8 Å². The van der Waals surface area contributed by atoms with Crippen LogP contribution in [-0.4, -0.2) is 39.6 Å². The fourth-order valence-corrected chi connectivity index (χ4v) is 4.51. The third-order valence-corrected chi connectivity index (χ3v) is 6.10. The van der Waals surface area contributed by atoms with Gasteiger partial charge in [0.25, 0.3) is 5.91 Å². The Labute approximate surface area is 178 Å². The predicted octanol–water partition coefficient (Wildman–Crippen LogP) is 3.38. The lowest BCUT2D eigenvalue weighted by molar-refractivity contribution is -0.138. The maximum Gasteiger partial charge on any atom is 0.298 e. The Morgan fingerprint density at radius 1 is 1.45 bits per heavy atom. The van der Waals surface area contributed by atoms with Crippen molar-refractivity contribution >= 4 is 17.5 Å². The number of aliphatic hydroxyl groups is 1. The zero-order valence-corrected chi connectivity index (χ0v) is 17.4. The van der Waals surface area contributed by atoms with Gasteiger partial charge in [-0.25, -0.2) is 0 Å². The third-order valence-electron chi connectivity index (χ3n) is 5.63. The second kappa shape index (κ2) is 9.51. The van der Waals surface area contributed by atoms with Gasteiger partial charge in [0.15, 0.2) is 0 Å². The minimum absolute atomic E-state index is 0.114. The number of carbonyl (C=O) groups is 1. The molecule has 2 aliphatic carbocycles. The Balaban J connectivity index is 1.96. The topological polar surface area (TPSA) is 52.6 Å². The molecular weight excluding hydrogens is 384 g/mol. The lowest BCUT2D eigenvalue weighted by Crippen LogP contribution is -2.58. The number of carbonyl (C=O) groups excluding carboxylic acids is 1. The van der Waals surface area contributed by atoms with Gasteiger partial charge in [-0.3, -0.25) is 10.1 Å². The normalized spacial score (nSPS) is 24.3. The van der Waals surface area contributed by atoms with E-state index in [1.807, 2.05) is 36.4 Å². The molecule has 1 saturated carbocycles. The fraction of sp³-hybridized carbons (Fsp3) is 0.458. The Bertz CT molecular complexity index is 791. The first kappa shape index (κ1) is 21.5. The number of rotatable bonds is 7. The standard InChI is InChI=1S/C24H27ClN2O2/c1-3-22(28)27(17-19-13-7-10-16-21(19)25)23(18-11-5-4-6-12-18)24(2,29)26-20-14-8-9-15-20/h1,4-5,7,10-11,13,16,19-21,23,26,29H,8-9,14-15,17H2,2H3. The summed E-state index contributed by atoms with van der Waals surface area (Å²) in [6, 6.07) is 10.8. The summed E-state index contributed by atoms with van der Waals surface area (Å²) < 4.78 is 0. The summed E-state index contributed by atoms with van der Waals surface area (Å²) in [5.41, 5.74) is -0.753. The van der Waals surface area contributed by atoms with E-state index in [1.165, 1.54) is 4.90 Å². The highest BCUT2D eigenvalue weighted by Gasteiger charge is 2.42. The van der Waals surface area contributed by atoms with Crippen molar-refractivity contribution in [3.8, 4) is 12.3 Å². The molecule has 1 fully saturated rings. The first-order valence-corrected chi connectivity index (χ1v) is 10.5. The molecular formula is C24H27ClN2O2. The molecule has 0 aromatic heterocycles. The first-order valence-electron chi connectivity index (χ1n) is 10.1. The van der Waals surface area contributed by atoms with Crippen molar-refractivity contribution in [3.63, 3.8) is 0 Å². The minimum atomic E-state index is -1.40. The van der Waals surface area contributed by atoms with E-state index in [4.69, 9.17) is 18.0 Å². The molecule has 2 aliphatic rings. The van der Waals surface area contributed by atoms with Crippen molar-refractivity contribution in [1.29, 1.82) is 0 Å². The number of alkyl halides is 1. The van der Waals surface area contributed by atoms with E-state index in [9.17, 15) is 9.90 Å². The van der Waals surface area contributed by atoms with Crippen LogP contribution in [-0.2, 0) is 4.79 Å². The fourth-order valence-electron chi connectivity index (χ4n) is 4.27. The van der Waals surface area contributed by atoms with Crippen molar-refractivity contribution in [1.82, 2.24) is 10.2 Å². The summed E-state index contributed by atoms with van der Waals surface area (Å²) >= 11 is 6.46. The summed E-state index contributed by atoms with van der Waals surface area (Å²) in [5, 5.41) is 14.6. The van der Waals surface area contributed by atoms with E-state index in [0.29, 0.717) is 5.56 Å². The van der Waals surface area contributed by atoms with Crippen LogP contribution >= 0.6 is 11.6 Å². The predicted molar refractivity (Wildman–Crippen MR) is 115 cm³/mol. The number of amides is 1. The van der Waals surface area contributed by atoms with Crippen molar-refractivity contribution < 1.29 is 9.90 Å². The molecule has 0 spiro atoms. The maximum atomic E-state index is 12.8. The van der Waals surface area contributed by atoms with Crippen molar-refractivity contribution in [3.05, 3.63) is 60.2 Å². The van der Waals surface area contributed by atoms with E-state index in [0.717, 1.165) is 25.7 Å². The van der Waals surface area contributed by atoms with Gasteiger partial charge in [0.2, 0.25) is 0 Å². The van der Waals surface area contributed by atoms with Gasteiger partial charge in [0.1, 0.15) is 11.8 Å². The number of nitrogens with zero attached hydrogens (tertiary/aromatic N) is 1. The molecule has 29 heavy (non-hydrogen) atoms. The molecule has 0 bridgehead atoms. The Kier molecular flexibility index (Phi) is 7.04. The monoisotopic (exact) mass is 410 g/mol. The maximum absolute atomic E-state index is 12.8. The van der Waals surface area contributed by atoms with Gasteiger partial charge in [0.05, 0.1) is 5.38 Å². The molecule has 4 nitrogen and oxygen atoms in total. The average molecular weight is 411 g/mol. The smallest absolute Gasteiger partial charge is 0.298 e. The van der Waals surface area contributed by atoms with Gasteiger partial charge in [0, 0.05) is 24.1 Å². The molecule has 152 valence electrons. The Morgan fingerprint density at radius 2 is 2.17 bits per heavy atom. The third kappa shape index (κ3) is 5.22. The molecule has 4 atom stereocenters. The molecule has 0 saturated heterocycles. The average Bonchev–Trinajstić information content (AvgIpc) is 3.21. The number of hydrogen-bond donors (Lipinski definition) is 2. The quantitative estimate of drug-likeness (QED) is 0.411. The first-order chi connectivity index (χ1) is 13.9. The second-order valence-corrected chi connectivity index (χ2v) is 8.41. The Hall–Kier alpha value is -2.24. The second-order valence-electron chi connectivity index (χ2n) is 7.91. The van der Waals surface area contributed by atoms with Crippen LogP contribution in [0, 0.1) is 30.4 Å². The SMILES string of the molecule is C#CC(=O)N(CC1C=CC=CC1Cl)C(c1c#cccc1)C(C)(O)NC1CCCC1.